The van der Waals surface area contributed by atoms with E-state index in [0.717, 1.165) is 34.4 Å². The molecule has 0 aliphatic rings. The zero-order valence-corrected chi connectivity index (χ0v) is 15.0. The van der Waals surface area contributed by atoms with E-state index in [2.05, 4.69) is 15.3 Å². The maximum absolute atomic E-state index is 5.99. The summed E-state index contributed by atoms with van der Waals surface area (Å²) < 4.78 is 10.6. The maximum atomic E-state index is 5.99. The molecule has 6 nitrogen and oxygen atoms in total. The minimum absolute atomic E-state index is 0. The molecule has 2 aromatic carbocycles. The molecule has 1 heterocycles. The van der Waals surface area contributed by atoms with Crippen LogP contribution >= 0.6 is 12.4 Å². The molecule has 132 valence electrons. The van der Waals surface area contributed by atoms with Gasteiger partial charge >= 0.3 is 0 Å². The molecule has 0 saturated heterocycles. The minimum Gasteiger partial charge on any atom is -0.493 e. The molecule has 0 fully saturated rings. The first-order valence-corrected chi connectivity index (χ1v) is 7.68. The Balaban J connectivity index is 0.00000225. The Labute approximate surface area is 152 Å². The molecule has 0 bridgehead atoms. The number of methoxy groups -OCH3 is 2. The van der Waals surface area contributed by atoms with Crippen molar-refractivity contribution in [1.82, 2.24) is 9.97 Å². The fourth-order valence-electron chi connectivity index (χ4n) is 2.53. The van der Waals surface area contributed by atoms with E-state index < -0.39 is 0 Å². The first kappa shape index (κ1) is 18.6. The van der Waals surface area contributed by atoms with E-state index in [9.17, 15) is 0 Å². The van der Waals surface area contributed by atoms with Gasteiger partial charge in [-0.1, -0.05) is 18.2 Å². The van der Waals surface area contributed by atoms with Gasteiger partial charge in [0.2, 0.25) is 5.95 Å². The number of anilines is 2. The lowest BCUT2D eigenvalue weighted by atomic mass is 10.1. The second-order valence-corrected chi connectivity index (χ2v) is 5.32. The number of hydrogen-bond donors (Lipinski definition) is 2. The van der Waals surface area contributed by atoms with Crippen molar-refractivity contribution in [2.45, 2.75) is 6.42 Å². The van der Waals surface area contributed by atoms with Gasteiger partial charge in [-0.25, -0.2) is 4.98 Å². The Morgan fingerprint density at radius 2 is 1.76 bits per heavy atom. The van der Waals surface area contributed by atoms with Gasteiger partial charge in [0, 0.05) is 11.9 Å². The van der Waals surface area contributed by atoms with Crippen LogP contribution in [0, 0.1) is 0 Å². The molecule has 25 heavy (non-hydrogen) atoms. The molecule has 0 atom stereocenters. The van der Waals surface area contributed by atoms with Gasteiger partial charge in [-0.3, -0.25) is 0 Å². The number of rotatable bonds is 6. The van der Waals surface area contributed by atoms with E-state index in [1.54, 1.807) is 14.2 Å². The number of halogens is 1. The molecule has 3 N–H and O–H groups in total. The quantitative estimate of drug-likeness (QED) is 0.701. The minimum atomic E-state index is 0. The van der Waals surface area contributed by atoms with Crippen LogP contribution < -0.4 is 20.5 Å². The van der Waals surface area contributed by atoms with Crippen molar-refractivity contribution < 1.29 is 9.47 Å². The smallest absolute Gasteiger partial charge is 0.225 e. The lowest BCUT2D eigenvalue weighted by Gasteiger charge is -2.10. The summed E-state index contributed by atoms with van der Waals surface area (Å²) in [6.07, 6.45) is 0.802. The summed E-state index contributed by atoms with van der Waals surface area (Å²) in [7, 11) is 3.26. The van der Waals surface area contributed by atoms with E-state index in [1.807, 2.05) is 42.5 Å². The van der Waals surface area contributed by atoms with Crippen LogP contribution in [0.2, 0.25) is 0 Å². The molecule has 0 aliphatic heterocycles. The standard InChI is InChI=1S/C18H20N4O2.ClH/c1-23-15-8-7-12(11-16(15)24-2)9-10-20-18-21-14-6-4-3-5-13(14)17(19)22-18;/h3-8,11H,9-10H2,1-2H3,(H3,19,20,21,22);1H. The molecule has 0 spiro atoms. The average Bonchev–Trinajstić information content (AvgIpc) is 2.61. The molecule has 0 radical (unpaired) electrons. The molecular formula is C18H21ClN4O2. The van der Waals surface area contributed by atoms with Gasteiger partial charge in [-0.2, -0.15) is 4.98 Å². The predicted molar refractivity (Wildman–Crippen MR) is 103 cm³/mol. The zero-order chi connectivity index (χ0) is 16.9. The highest BCUT2D eigenvalue weighted by Crippen LogP contribution is 2.27. The summed E-state index contributed by atoms with van der Waals surface area (Å²) in [5, 5.41) is 4.08. The summed E-state index contributed by atoms with van der Waals surface area (Å²) >= 11 is 0. The maximum Gasteiger partial charge on any atom is 0.225 e. The van der Waals surface area contributed by atoms with Gasteiger partial charge in [-0.15, -0.1) is 12.4 Å². The number of hydrogen-bond acceptors (Lipinski definition) is 6. The Bertz CT molecular complexity index is 858. The van der Waals surface area contributed by atoms with Gasteiger partial charge in [0.15, 0.2) is 11.5 Å². The number of nitrogens with one attached hydrogen (secondary N) is 1. The normalized spacial score (nSPS) is 10.2. The summed E-state index contributed by atoms with van der Waals surface area (Å²) in [6, 6.07) is 13.6. The van der Waals surface area contributed by atoms with Crippen molar-refractivity contribution >= 4 is 35.1 Å². The van der Waals surface area contributed by atoms with Gasteiger partial charge in [-0.05, 0) is 36.2 Å². The van der Waals surface area contributed by atoms with E-state index in [1.165, 1.54) is 0 Å². The molecule has 0 amide bonds. The molecule has 0 aliphatic carbocycles. The Kier molecular flexibility index (Phi) is 6.25. The van der Waals surface area contributed by atoms with Gasteiger partial charge in [0.1, 0.15) is 5.82 Å². The van der Waals surface area contributed by atoms with Crippen molar-refractivity contribution in [3.8, 4) is 11.5 Å². The van der Waals surface area contributed by atoms with Crippen LogP contribution in [0.5, 0.6) is 11.5 Å². The third-order valence-electron chi connectivity index (χ3n) is 3.78. The van der Waals surface area contributed by atoms with Crippen LogP contribution in [0.25, 0.3) is 10.9 Å². The number of nitrogens with zero attached hydrogens (tertiary/aromatic N) is 2. The zero-order valence-electron chi connectivity index (χ0n) is 14.2. The third kappa shape index (κ3) is 4.22. The SMILES string of the molecule is COc1ccc(CCNc2nc(N)c3ccccc3n2)cc1OC.Cl. The van der Waals surface area contributed by atoms with Crippen LogP contribution in [0.4, 0.5) is 11.8 Å². The van der Waals surface area contributed by atoms with E-state index in [4.69, 9.17) is 15.2 Å². The second-order valence-electron chi connectivity index (χ2n) is 5.32. The van der Waals surface area contributed by atoms with Crippen molar-refractivity contribution in [1.29, 1.82) is 0 Å². The average molecular weight is 361 g/mol. The highest BCUT2D eigenvalue weighted by Gasteiger charge is 2.06. The number of benzene rings is 2. The Morgan fingerprint density at radius 1 is 1.00 bits per heavy atom. The summed E-state index contributed by atoms with van der Waals surface area (Å²) in [6.45, 7) is 0.688. The summed E-state index contributed by atoms with van der Waals surface area (Å²) in [5.41, 5.74) is 7.95. The van der Waals surface area contributed by atoms with Crippen molar-refractivity contribution in [2.75, 3.05) is 31.8 Å². The van der Waals surface area contributed by atoms with Crippen molar-refractivity contribution in [3.05, 3.63) is 48.0 Å². The monoisotopic (exact) mass is 360 g/mol. The van der Waals surface area contributed by atoms with Crippen LogP contribution in [-0.2, 0) is 6.42 Å². The Morgan fingerprint density at radius 3 is 2.52 bits per heavy atom. The van der Waals surface area contributed by atoms with Crippen molar-refractivity contribution in [3.63, 3.8) is 0 Å². The van der Waals surface area contributed by atoms with Crippen molar-refractivity contribution in [2.24, 2.45) is 0 Å². The van der Waals surface area contributed by atoms with Crippen LogP contribution in [0.3, 0.4) is 0 Å². The molecule has 3 aromatic rings. The van der Waals surface area contributed by atoms with Gasteiger partial charge < -0.3 is 20.5 Å². The molecular weight excluding hydrogens is 340 g/mol. The fourth-order valence-corrected chi connectivity index (χ4v) is 2.53. The lowest BCUT2D eigenvalue weighted by Crippen LogP contribution is -2.09. The van der Waals surface area contributed by atoms with Crippen LogP contribution in [0.15, 0.2) is 42.5 Å². The molecule has 0 unspecified atom stereocenters. The number of ether oxygens (including phenoxy) is 2. The second kappa shape index (κ2) is 8.39. The molecule has 0 saturated carbocycles. The van der Waals surface area contributed by atoms with E-state index in [0.29, 0.717) is 18.3 Å². The van der Waals surface area contributed by atoms with Crippen LogP contribution in [0.1, 0.15) is 5.56 Å². The highest BCUT2D eigenvalue weighted by atomic mass is 35.5. The highest BCUT2D eigenvalue weighted by molar-refractivity contribution is 5.88. The molecule has 1 aromatic heterocycles. The first-order chi connectivity index (χ1) is 11.7. The van der Waals surface area contributed by atoms with Gasteiger partial charge in [0.25, 0.3) is 0 Å². The summed E-state index contributed by atoms with van der Waals surface area (Å²) in [4.78, 5) is 8.79. The number of aromatic nitrogens is 2. The first-order valence-electron chi connectivity index (χ1n) is 7.68. The Hall–Kier alpha value is -2.73. The molecule has 3 rings (SSSR count). The number of nitrogen functional groups attached to an aromatic ring is 1. The molecule has 7 heteroatoms. The third-order valence-corrected chi connectivity index (χ3v) is 3.78. The van der Waals surface area contributed by atoms with Crippen LogP contribution in [-0.4, -0.2) is 30.7 Å². The number of para-hydroxylation sites is 1. The summed E-state index contributed by atoms with van der Waals surface area (Å²) in [5.74, 6) is 2.46. The predicted octanol–water partition coefficient (Wildman–Crippen LogP) is 3.31. The van der Waals surface area contributed by atoms with Gasteiger partial charge in [0.05, 0.1) is 19.7 Å². The lowest BCUT2D eigenvalue weighted by molar-refractivity contribution is 0.354. The largest absolute Gasteiger partial charge is 0.493 e. The number of nitrogens with two attached hydrogens (primary N) is 1. The topological polar surface area (TPSA) is 82.3 Å². The fraction of sp³-hybridized carbons (Fsp3) is 0.222. The van der Waals surface area contributed by atoms with E-state index >= 15 is 0 Å². The number of fused-ring (bicyclic) bond motifs is 1. The van der Waals surface area contributed by atoms with E-state index in [-0.39, 0.29) is 12.4 Å².